The zero-order valence-corrected chi connectivity index (χ0v) is 19.2. The summed E-state index contributed by atoms with van der Waals surface area (Å²) in [4.78, 5) is 28.4. The van der Waals surface area contributed by atoms with Crippen LogP contribution < -0.4 is 33.9 Å². The van der Waals surface area contributed by atoms with Crippen LogP contribution in [-0.4, -0.2) is 45.1 Å². The van der Waals surface area contributed by atoms with Crippen LogP contribution in [0.25, 0.3) is 0 Å². The third-order valence-corrected chi connectivity index (χ3v) is 7.12. The Hall–Kier alpha value is -4.40. The van der Waals surface area contributed by atoms with Crippen LogP contribution >= 0.6 is 0 Å². The van der Waals surface area contributed by atoms with E-state index in [9.17, 15) is 9.59 Å². The minimum absolute atomic E-state index is 0.0385. The smallest absolute Gasteiger partial charge is 0.251 e. The molecule has 4 aliphatic heterocycles. The van der Waals surface area contributed by atoms with Crippen molar-refractivity contribution in [3.05, 3.63) is 71.3 Å². The molecule has 1 atom stereocenters. The quantitative estimate of drug-likeness (QED) is 0.554. The topological polar surface area (TPSA) is 95.6 Å². The van der Waals surface area contributed by atoms with Gasteiger partial charge in [0.05, 0.1) is 0 Å². The molecular formula is C27H22N2O7. The van der Waals surface area contributed by atoms with Crippen LogP contribution in [0.4, 0.5) is 5.69 Å². The number of hydrogen-bond acceptors (Lipinski definition) is 7. The fourth-order valence-corrected chi connectivity index (χ4v) is 5.37. The lowest BCUT2D eigenvalue weighted by atomic mass is 9.77. The first-order chi connectivity index (χ1) is 17.6. The Balaban J connectivity index is 1.09. The number of carbonyl (C=O) groups is 2. The summed E-state index contributed by atoms with van der Waals surface area (Å²) in [5.41, 5.74) is 2.14. The van der Waals surface area contributed by atoms with Gasteiger partial charge in [0.1, 0.15) is 17.8 Å². The van der Waals surface area contributed by atoms with Gasteiger partial charge in [-0.25, -0.2) is 0 Å². The first kappa shape index (κ1) is 20.9. The summed E-state index contributed by atoms with van der Waals surface area (Å²) in [5.74, 6) is 2.84. The van der Waals surface area contributed by atoms with Gasteiger partial charge in [-0.3, -0.25) is 9.59 Å². The molecule has 1 unspecified atom stereocenters. The van der Waals surface area contributed by atoms with Crippen molar-refractivity contribution in [3.63, 3.8) is 0 Å². The second kappa shape index (κ2) is 7.81. The average molecular weight is 486 g/mol. The van der Waals surface area contributed by atoms with Crippen LogP contribution in [0.5, 0.6) is 28.7 Å². The number of carbonyl (C=O) groups excluding carboxylic acids is 2. The van der Waals surface area contributed by atoms with Gasteiger partial charge in [0, 0.05) is 36.0 Å². The summed E-state index contributed by atoms with van der Waals surface area (Å²) in [7, 11) is 0. The van der Waals surface area contributed by atoms with E-state index in [1.54, 1.807) is 29.2 Å². The molecule has 1 spiro atoms. The molecule has 4 aliphatic rings. The van der Waals surface area contributed by atoms with Gasteiger partial charge < -0.3 is 33.9 Å². The second-order valence-corrected chi connectivity index (χ2v) is 9.05. The molecule has 2 amide bonds. The van der Waals surface area contributed by atoms with Gasteiger partial charge in [-0.1, -0.05) is 18.2 Å². The molecule has 0 bridgehead atoms. The molecule has 1 N–H and O–H groups in total. The molecule has 182 valence electrons. The number of nitrogens with zero attached hydrogens (tertiary/aromatic N) is 1. The highest BCUT2D eigenvalue weighted by molar-refractivity contribution is 6.11. The van der Waals surface area contributed by atoms with Crippen LogP contribution in [0.15, 0.2) is 54.6 Å². The minimum atomic E-state index is -0.928. The Morgan fingerprint density at radius 3 is 2.44 bits per heavy atom. The number of fused-ring (bicyclic) bond motifs is 6. The summed E-state index contributed by atoms with van der Waals surface area (Å²) >= 11 is 0. The van der Waals surface area contributed by atoms with Crippen molar-refractivity contribution < 1.29 is 33.3 Å². The van der Waals surface area contributed by atoms with Gasteiger partial charge >= 0.3 is 0 Å². The maximum Gasteiger partial charge on any atom is 0.251 e. The molecule has 0 saturated carbocycles. The molecule has 7 rings (SSSR count). The fourth-order valence-electron chi connectivity index (χ4n) is 5.37. The number of anilines is 1. The standard InChI is InChI=1S/C27H22N2O7/c30-25(16-6-7-20-22(10-16)34-14-33-20)28-8-3-9-29-19-5-2-1-4-17(19)27(26(29)31)13-32-21-12-24-23(11-18(21)27)35-15-36-24/h1-2,4-7,10-12H,3,8-9,13-15H2,(H,28,30). The molecule has 0 saturated heterocycles. The van der Waals surface area contributed by atoms with Crippen molar-refractivity contribution in [1.82, 2.24) is 5.32 Å². The number of benzene rings is 3. The van der Waals surface area contributed by atoms with E-state index >= 15 is 0 Å². The Morgan fingerprint density at radius 2 is 1.58 bits per heavy atom. The Bertz CT molecular complexity index is 1420. The average Bonchev–Trinajstić information content (AvgIpc) is 3.68. The lowest BCUT2D eigenvalue weighted by Gasteiger charge is -2.23. The largest absolute Gasteiger partial charge is 0.491 e. The summed E-state index contributed by atoms with van der Waals surface area (Å²) in [6.07, 6.45) is 0.585. The van der Waals surface area contributed by atoms with Crippen molar-refractivity contribution in [2.45, 2.75) is 11.8 Å². The number of ether oxygens (including phenoxy) is 5. The van der Waals surface area contributed by atoms with Crippen LogP contribution in [-0.2, 0) is 10.2 Å². The number of hydrogen-bond donors (Lipinski definition) is 1. The van der Waals surface area contributed by atoms with E-state index in [1.807, 2.05) is 30.3 Å². The summed E-state index contributed by atoms with van der Waals surface area (Å²) in [5, 5.41) is 2.93. The van der Waals surface area contributed by atoms with E-state index in [0.29, 0.717) is 53.8 Å². The predicted octanol–water partition coefficient (Wildman–Crippen LogP) is 2.99. The maximum absolute atomic E-state index is 14.0. The van der Waals surface area contributed by atoms with E-state index in [2.05, 4.69) is 5.32 Å². The van der Waals surface area contributed by atoms with Crippen molar-refractivity contribution in [2.75, 3.05) is 38.2 Å². The molecule has 0 aliphatic carbocycles. The van der Waals surface area contributed by atoms with Crippen LogP contribution in [0.2, 0.25) is 0 Å². The van der Waals surface area contributed by atoms with Crippen LogP contribution in [0.3, 0.4) is 0 Å². The SMILES string of the molecule is O=C(NCCCN1C(=O)C2(COc3cc4c(cc32)OCO4)c2ccccc21)c1ccc2c(c1)OCO2. The van der Waals surface area contributed by atoms with Crippen LogP contribution in [0.1, 0.15) is 27.9 Å². The first-order valence-electron chi connectivity index (χ1n) is 11.8. The Kier molecular flexibility index (Phi) is 4.54. The van der Waals surface area contributed by atoms with Gasteiger partial charge in [-0.2, -0.15) is 0 Å². The zero-order valence-electron chi connectivity index (χ0n) is 19.2. The molecule has 3 aromatic rings. The number of amides is 2. The molecular weight excluding hydrogens is 464 g/mol. The van der Waals surface area contributed by atoms with Crippen molar-refractivity contribution in [2.24, 2.45) is 0 Å². The predicted molar refractivity (Wildman–Crippen MR) is 127 cm³/mol. The number of para-hydroxylation sites is 1. The number of rotatable bonds is 5. The molecule has 0 radical (unpaired) electrons. The van der Waals surface area contributed by atoms with E-state index in [1.165, 1.54) is 0 Å². The molecule has 9 nitrogen and oxygen atoms in total. The third-order valence-electron chi connectivity index (χ3n) is 7.12. The molecule has 9 heteroatoms. The zero-order chi connectivity index (χ0) is 24.3. The third kappa shape index (κ3) is 2.95. The van der Waals surface area contributed by atoms with Gasteiger partial charge in [0.15, 0.2) is 23.0 Å². The molecule has 0 aromatic heterocycles. The summed E-state index contributed by atoms with van der Waals surface area (Å²) in [6, 6.07) is 16.6. The van der Waals surface area contributed by atoms with E-state index < -0.39 is 5.41 Å². The van der Waals surface area contributed by atoms with E-state index in [4.69, 9.17) is 23.7 Å². The lowest BCUT2D eigenvalue weighted by Crippen LogP contribution is -2.43. The normalized spacial score (nSPS) is 19.9. The monoisotopic (exact) mass is 486 g/mol. The second-order valence-electron chi connectivity index (χ2n) is 9.05. The Labute approximate surface area is 206 Å². The van der Waals surface area contributed by atoms with Gasteiger partial charge in [-0.05, 0) is 42.3 Å². The van der Waals surface area contributed by atoms with Crippen molar-refractivity contribution in [1.29, 1.82) is 0 Å². The summed E-state index contributed by atoms with van der Waals surface area (Å²) < 4.78 is 27.7. The van der Waals surface area contributed by atoms with Crippen molar-refractivity contribution >= 4 is 17.5 Å². The molecule has 3 aromatic carbocycles. The highest BCUT2D eigenvalue weighted by Gasteiger charge is 2.57. The summed E-state index contributed by atoms with van der Waals surface area (Å²) in [6.45, 7) is 1.40. The lowest BCUT2D eigenvalue weighted by molar-refractivity contribution is -0.122. The Morgan fingerprint density at radius 1 is 0.833 bits per heavy atom. The van der Waals surface area contributed by atoms with Gasteiger partial charge in [0.2, 0.25) is 19.5 Å². The van der Waals surface area contributed by atoms with Gasteiger partial charge in [-0.15, -0.1) is 0 Å². The molecule has 0 fully saturated rings. The number of nitrogens with one attached hydrogen (secondary N) is 1. The highest BCUT2D eigenvalue weighted by atomic mass is 16.7. The minimum Gasteiger partial charge on any atom is -0.491 e. The van der Waals surface area contributed by atoms with Crippen LogP contribution in [0, 0.1) is 0 Å². The van der Waals surface area contributed by atoms with Crippen molar-refractivity contribution in [3.8, 4) is 28.7 Å². The highest BCUT2D eigenvalue weighted by Crippen LogP contribution is 2.55. The van der Waals surface area contributed by atoms with E-state index in [0.717, 1.165) is 16.8 Å². The fraction of sp³-hybridized carbons (Fsp3) is 0.259. The maximum atomic E-state index is 14.0. The van der Waals surface area contributed by atoms with E-state index in [-0.39, 0.29) is 32.0 Å². The first-order valence-corrected chi connectivity index (χ1v) is 11.8. The van der Waals surface area contributed by atoms with Gasteiger partial charge in [0.25, 0.3) is 5.91 Å². The molecule has 4 heterocycles. The molecule has 36 heavy (non-hydrogen) atoms.